The Morgan fingerprint density at radius 1 is 1.20 bits per heavy atom. The lowest BCUT2D eigenvalue weighted by molar-refractivity contribution is 0.913. The number of nitriles is 1. The van der Waals surface area contributed by atoms with E-state index in [1.165, 1.54) is 33.4 Å². The molecule has 0 unspecified atom stereocenters. The van der Waals surface area contributed by atoms with E-state index >= 15 is 0 Å². The van der Waals surface area contributed by atoms with Crippen LogP contribution in [0.15, 0.2) is 29.3 Å². The van der Waals surface area contributed by atoms with Crippen LogP contribution in [0.25, 0.3) is 10.2 Å². The number of thioether (sulfide) groups is 1. The molecular formula is C20H19N3S2. The van der Waals surface area contributed by atoms with Crippen LogP contribution in [0, 0.1) is 25.2 Å². The quantitative estimate of drug-likeness (QED) is 0.481. The maximum Gasteiger partial charge on any atom is 0.128 e. The van der Waals surface area contributed by atoms with Crippen molar-refractivity contribution in [2.75, 3.05) is 0 Å². The van der Waals surface area contributed by atoms with Crippen molar-refractivity contribution in [3.05, 3.63) is 51.7 Å². The van der Waals surface area contributed by atoms with E-state index < -0.39 is 0 Å². The largest absolute Gasteiger partial charge is 0.226 e. The molecule has 0 fully saturated rings. The lowest BCUT2D eigenvalue weighted by atomic mass is 10.1. The first-order chi connectivity index (χ1) is 12.1. The van der Waals surface area contributed by atoms with E-state index in [2.05, 4.69) is 42.2 Å². The van der Waals surface area contributed by atoms with Crippen LogP contribution in [0.1, 0.15) is 33.8 Å². The third-order valence-corrected chi connectivity index (χ3v) is 6.84. The summed E-state index contributed by atoms with van der Waals surface area (Å²) >= 11 is 3.40. The van der Waals surface area contributed by atoms with Gasteiger partial charge in [0, 0.05) is 10.3 Å². The number of fused-ring (bicyclic) bond motifs is 3. The molecule has 0 amide bonds. The summed E-state index contributed by atoms with van der Waals surface area (Å²) in [5, 5.41) is 11.7. The normalized spacial score (nSPS) is 14.4. The van der Waals surface area contributed by atoms with Crippen molar-refractivity contribution in [3.63, 3.8) is 0 Å². The van der Waals surface area contributed by atoms with Crippen LogP contribution >= 0.6 is 23.1 Å². The van der Waals surface area contributed by atoms with Gasteiger partial charge in [0.25, 0.3) is 0 Å². The highest BCUT2D eigenvalue weighted by Crippen LogP contribution is 2.41. The van der Waals surface area contributed by atoms with E-state index in [9.17, 15) is 5.26 Å². The molecular weight excluding hydrogens is 346 g/mol. The molecule has 0 spiro atoms. The van der Waals surface area contributed by atoms with Crippen molar-refractivity contribution in [1.82, 2.24) is 9.97 Å². The Kier molecular flexibility index (Phi) is 4.49. The van der Waals surface area contributed by atoms with Gasteiger partial charge in [-0.15, -0.1) is 11.3 Å². The van der Waals surface area contributed by atoms with Gasteiger partial charge in [-0.1, -0.05) is 41.6 Å². The number of benzene rings is 1. The van der Waals surface area contributed by atoms with Gasteiger partial charge in [0.05, 0.1) is 6.07 Å². The second kappa shape index (κ2) is 6.78. The van der Waals surface area contributed by atoms with E-state index in [0.717, 1.165) is 34.9 Å². The molecule has 0 saturated carbocycles. The lowest BCUT2D eigenvalue weighted by Crippen LogP contribution is -2.05. The van der Waals surface area contributed by atoms with Crippen molar-refractivity contribution in [1.29, 1.82) is 5.26 Å². The summed E-state index contributed by atoms with van der Waals surface area (Å²) < 4.78 is 0. The first-order valence-electron chi connectivity index (χ1n) is 8.55. The topological polar surface area (TPSA) is 49.6 Å². The average Bonchev–Trinajstić information content (AvgIpc) is 3.16. The van der Waals surface area contributed by atoms with Crippen LogP contribution in [-0.2, 0) is 19.3 Å². The van der Waals surface area contributed by atoms with Gasteiger partial charge < -0.3 is 0 Å². The molecule has 126 valence electrons. The second-order valence-corrected chi connectivity index (χ2v) is 8.81. The molecule has 5 heteroatoms. The zero-order chi connectivity index (χ0) is 17.4. The van der Waals surface area contributed by atoms with Gasteiger partial charge in [-0.05, 0) is 50.7 Å². The fourth-order valence-corrected chi connectivity index (χ4v) is 5.83. The van der Waals surface area contributed by atoms with Gasteiger partial charge in [0.15, 0.2) is 0 Å². The number of aryl methyl sites for hydroxylation is 4. The molecule has 4 rings (SSSR count). The molecule has 2 aromatic heterocycles. The van der Waals surface area contributed by atoms with Gasteiger partial charge in [-0.2, -0.15) is 5.26 Å². The number of nitrogens with zero attached hydrogens (tertiary/aromatic N) is 3. The summed E-state index contributed by atoms with van der Waals surface area (Å²) in [6, 6.07) is 10.9. The summed E-state index contributed by atoms with van der Waals surface area (Å²) in [5.41, 5.74) is 3.86. The Bertz CT molecular complexity index is 967. The predicted molar refractivity (Wildman–Crippen MR) is 104 cm³/mol. The molecule has 1 atom stereocenters. The lowest BCUT2D eigenvalue weighted by Gasteiger charge is -2.11. The van der Waals surface area contributed by atoms with E-state index in [4.69, 9.17) is 4.98 Å². The molecule has 1 aromatic carbocycles. The fraction of sp³-hybridized carbons (Fsp3) is 0.350. The molecule has 25 heavy (non-hydrogen) atoms. The Morgan fingerprint density at radius 2 is 2.00 bits per heavy atom. The van der Waals surface area contributed by atoms with Crippen molar-refractivity contribution >= 4 is 33.3 Å². The summed E-state index contributed by atoms with van der Waals surface area (Å²) in [4.78, 5) is 11.9. The van der Waals surface area contributed by atoms with Crippen molar-refractivity contribution in [2.24, 2.45) is 0 Å². The van der Waals surface area contributed by atoms with Crippen molar-refractivity contribution in [2.45, 2.75) is 49.8 Å². The fourth-order valence-electron chi connectivity index (χ4n) is 3.34. The van der Waals surface area contributed by atoms with E-state index in [1.807, 2.05) is 18.3 Å². The van der Waals surface area contributed by atoms with E-state index in [-0.39, 0.29) is 5.25 Å². The first kappa shape index (κ1) is 16.6. The highest BCUT2D eigenvalue weighted by Gasteiger charge is 2.23. The molecule has 1 aliphatic rings. The number of thiophene rings is 1. The van der Waals surface area contributed by atoms with Crippen LogP contribution in [0.3, 0.4) is 0 Å². The molecule has 0 bridgehead atoms. The number of rotatable bonds is 4. The molecule has 0 N–H and O–H groups in total. The summed E-state index contributed by atoms with van der Waals surface area (Å²) in [6.45, 7) is 4.02. The summed E-state index contributed by atoms with van der Waals surface area (Å²) in [5.74, 6) is 0.793. The van der Waals surface area contributed by atoms with Crippen LogP contribution in [0.5, 0.6) is 0 Å². The van der Waals surface area contributed by atoms with Crippen LogP contribution in [0.4, 0.5) is 0 Å². The molecule has 3 aromatic rings. The molecule has 0 saturated heterocycles. The van der Waals surface area contributed by atoms with E-state index in [0.29, 0.717) is 0 Å². The third-order valence-electron chi connectivity index (χ3n) is 4.58. The minimum absolute atomic E-state index is 0.142. The Hall–Kier alpha value is -1.90. The number of hydrogen-bond donors (Lipinski definition) is 0. The summed E-state index contributed by atoms with van der Waals surface area (Å²) in [7, 11) is 0. The van der Waals surface area contributed by atoms with Gasteiger partial charge in [0.2, 0.25) is 0 Å². The highest BCUT2D eigenvalue weighted by atomic mass is 32.2. The molecule has 0 aliphatic heterocycles. The SMILES string of the molecule is Cc1ccc(C[C@H](C#N)Sc2nc(C)nc3sc4c(c23)CCC4)cc1. The molecule has 2 heterocycles. The standard InChI is InChI=1S/C20H19N3S2/c1-12-6-8-14(9-7-12)10-15(11-21)24-19-18-16-4-3-5-17(16)25-20(18)23-13(2)22-19/h6-9,15H,3-5,10H2,1-2H3/t15-/m1/s1. The Balaban J connectivity index is 1.67. The Labute approximate surface area is 156 Å². The van der Waals surface area contributed by atoms with Crippen LogP contribution < -0.4 is 0 Å². The van der Waals surface area contributed by atoms with E-state index in [1.54, 1.807) is 11.8 Å². The monoisotopic (exact) mass is 365 g/mol. The van der Waals surface area contributed by atoms with Gasteiger partial charge >= 0.3 is 0 Å². The number of hydrogen-bond acceptors (Lipinski definition) is 5. The minimum Gasteiger partial charge on any atom is -0.226 e. The average molecular weight is 366 g/mol. The minimum atomic E-state index is -0.142. The third kappa shape index (κ3) is 3.29. The highest BCUT2D eigenvalue weighted by molar-refractivity contribution is 8.00. The molecule has 3 nitrogen and oxygen atoms in total. The van der Waals surface area contributed by atoms with Crippen LogP contribution in [-0.4, -0.2) is 15.2 Å². The van der Waals surface area contributed by atoms with Gasteiger partial charge in [-0.3, -0.25) is 0 Å². The van der Waals surface area contributed by atoms with Gasteiger partial charge in [0.1, 0.15) is 20.9 Å². The zero-order valence-electron chi connectivity index (χ0n) is 14.4. The maximum atomic E-state index is 9.68. The predicted octanol–water partition coefficient (Wildman–Crippen LogP) is 5.02. The second-order valence-electron chi connectivity index (χ2n) is 6.54. The zero-order valence-corrected chi connectivity index (χ0v) is 16.0. The number of aromatic nitrogens is 2. The molecule has 0 radical (unpaired) electrons. The van der Waals surface area contributed by atoms with Crippen molar-refractivity contribution in [3.8, 4) is 6.07 Å². The first-order valence-corrected chi connectivity index (χ1v) is 10.2. The summed E-state index contributed by atoms with van der Waals surface area (Å²) in [6.07, 6.45) is 4.23. The maximum absolute atomic E-state index is 9.68. The van der Waals surface area contributed by atoms with Crippen molar-refractivity contribution < 1.29 is 0 Å². The Morgan fingerprint density at radius 3 is 2.76 bits per heavy atom. The smallest absolute Gasteiger partial charge is 0.128 e. The molecule has 1 aliphatic carbocycles. The van der Waals surface area contributed by atoms with Gasteiger partial charge in [-0.25, -0.2) is 9.97 Å². The van der Waals surface area contributed by atoms with Crippen LogP contribution in [0.2, 0.25) is 0 Å².